The average Bonchev–Trinajstić information content (AvgIpc) is 2.43. The average molecular weight is 296 g/mol. The molecule has 20 heavy (non-hydrogen) atoms. The number of carbonyl (C=O) groups excluding carboxylic acids is 1. The van der Waals surface area contributed by atoms with E-state index < -0.39 is 10.0 Å². The normalized spacial score (nSPS) is 15.7. The molecule has 2 rings (SSSR count). The monoisotopic (exact) mass is 296 g/mol. The van der Waals surface area contributed by atoms with E-state index in [0.717, 1.165) is 12.0 Å². The van der Waals surface area contributed by atoms with E-state index in [1.807, 2.05) is 18.2 Å². The first-order valence-electron chi connectivity index (χ1n) is 6.78. The Bertz CT molecular complexity index is 584. The van der Waals surface area contributed by atoms with E-state index >= 15 is 0 Å². The number of nitrogens with zero attached hydrogens (tertiary/aromatic N) is 1. The second kappa shape index (κ2) is 6.37. The molecule has 1 aromatic carbocycles. The number of sulfonamides is 1. The maximum absolute atomic E-state index is 12.3. The minimum absolute atomic E-state index is 0.0788. The molecule has 0 spiro atoms. The van der Waals surface area contributed by atoms with E-state index in [-0.39, 0.29) is 11.7 Å². The van der Waals surface area contributed by atoms with Gasteiger partial charge in [0.2, 0.25) is 15.9 Å². The zero-order valence-electron chi connectivity index (χ0n) is 11.6. The van der Waals surface area contributed by atoms with Crippen molar-refractivity contribution in [1.29, 1.82) is 0 Å². The van der Waals surface area contributed by atoms with Gasteiger partial charge in [-0.2, -0.15) is 4.31 Å². The Morgan fingerprint density at radius 3 is 2.70 bits per heavy atom. The maximum Gasteiger partial charge on any atom is 0.216 e. The van der Waals surface area contributed by atoms with E-state index in [1.54, 1.807) is 4.31 Å². The van der Waals surface area contributed by atoms with Crippen LogP contribution >= 0.6 is 0 Å². The summed E-state index contributed by atoms with van der Waals surface area (Å²) < 4.78 is 26.1. The Morgan fingerprint density at radius 1 is 1.30 bits per heavy atom. The van der Waals surface area contributed by atoms with Gasteiger partial charge in [-0.05, 0) is 24.0 Å². The zero-order chi connectivity index (χ0) is 14.6. The first-order chi connectivity index (χ1) is 9.49. The molecule has 1 aromatic rings. The largest absolute Gasteiger partial charge is 0.356 e. The fourth-order valence-electron chi connectivity index (χ4n) is 2.36. The standard InChI is InChI=1S/C14H20N2O3S/c1-12(17)15-8-4-10-20(18,19)16-9-7-13-5-2-3-6-14(13)11-16/h2-3,5-6H,4,7-11H2,1H3,(H,15,17). The van der Waals surface area contributed by atoms with Crippen LogP contribution in [0.2, 0.25) is 0 Å². The third kappa shape index (κ3) is 3.80. The Hall–Kier alpha value is -1.40. The molecular weight excluding hydrogens is 276 g/mol. The summed E-state index contributed by atoms with van der Waals surface area (Å²) in [6.45, 7) is 2.83. The van der Waals surface area contributed by atoms with Gasteiger partial charge in [0.25, 0.3) is 0 Å². The minimum atomic E-state index is -3.24. The molecular formula is C14H20N2O3S. The number of hydrogen-bond acceptors (Lipinski definition) is 3. The second-order valence-corrected chi connectivity index (χ2v) is 7.09. The molecule has 1 amide bonds. The summed E-state index contributed by atoms with van der Waals surface area (Å²) in [4.78, 5) is 10.7. The van der Waals surface area contributed by atoms with Crippen molar-refractivity contribution < 1.29 is 13.2 Å². The molecule has 0 atom stereocenters. The first-order valence-corrected chi connectivity index (χ1v) is 8.39. The quantitative estimate of drug-likeness (QED) is 0.821. The predicted octanol–water partition coefficient (Wildman–Crippen LogP) is 0.901. The zero-order valence-corrected chi connectivity index (χ0v) is 12.4. The van der Waals surface area contributed by atoms with Crippen molar-refractivity contribution in [3.8, 4) is 0 Å². The van der Waals surface area contributed by atoms with E-state index in [0.29, 0.717) is 26.1 Å². The van der Waals surface area contributed by atoms with Gasteiger partial charge in [0.1, 0.15) is 0 Å². The molecule has 1 aliphatic rings. The number of hydrogen-bond donors (Lipinski definition) is 1. The van der Waals surface area contributed by atoms with Crippen molar-refractivity contribution in [2.45, 2.75) is 26.3 Å². The molecule has 110 valence electrons. The summed E-state index contributed by atoms with van der Waals surface area (Å²) >= 11 is 0. The number of fused-ring (bicyclic) bond motifs is 1. The molecule has 0 aromatic heterocycles. The van der Waals surface area contributed by atoms with Crippen LogP contribution in [0.3, 0.4) is 0 Å². The van der Waals surface area contributed by atoms with Crippen molar-refractivity contribution >= 4 is 15.9 Å². The van der Waals surface area contributed by atoms with Gasteiger partial charge in [0, 0.05) is 26.6 Å². The number of nitrogens with one attached hydrogen (secondary N) is 1. The molecule has 0 radical (unpaired) electrons. The highest BCUT2D eigenvalue weighted by Crippen LogP contribution is 2.21. The van der Waals surface area contributed by atoms with Crippen LogP contribution in [0.15, 0.2) is 24.3 Å². The lowest BCUT2D eigenvalue weighted by atomic mass is 10.0. The Labute approximate surface area is 120 Å². The number of amides is 1. The fourth-order valence-corrected chi connectivity index (χ4v) is 3.83. The van der Waals surface area contributed by atoms with Crippen LogP contribution in [0.4, 0.5) is 0 Å². The van der Waals surface area contributed by atoms with Gasteiger partial charge in [-0.25, -0.2) is 8.42 Å². The molecule has 1 N–H and O–H groups in total. The third-order valence-electron chi connectivity index (χ3n) is 3.44. The van der Waals surface area contributed by atoms with Crippen LogP contribution in [-0.2, 0) is 27.8 Å². The van der Waals surface area contributed by atoms with Crippen LogP contribution in [0.1, 0.15) is 24.5 Å². The number of benzene rings is 1. The van der Waals surface area contributed by atoms with E-state index in [9.17, 15) is 13.2 Å². The lowest BCUT2D eigenvalue weighted by Gasteiger charge is -2.28. The highest BCUT2D eigenvalue weighted by atomic mass is 32.2. The molecule has 0 fully saturated rings. The van der Waals surface area contributed by atoms with Crippen LogP contribution in [0, 0.1) is 0 Å². The van der Waals surface area contributed by atoms with Crippen LogP contribution in [0.25, 0.3) is 0 Å². The highest BCUT2D eigenvalue weighted by molar-refractivity contribution is 7.89. The number of carbonyl (C=O) groups is 1. The fraction of sp³-hybridized carbons (Fsp3) is 0.500. The predicted molar refractivity (Wildman–Crippen MR) is 77.6 cm³/mol. The molecule has 0 aliphatic carbocycles. The number of rotatable bonds is 5. The molecule has 0 bridgehead atoms. The van der Waals surface area contributed by atoms with Crippen molar-refractivity contribution in [3.05, 3.63) is 35.4 Å². The summed E-state index contributed by atoms with van der Waals surface area (Å²) in [5, 5.41) is 2.61. The SMILES string of the molecule is CC(=O)NCCCS(=O)(=O)N1CCc2ccccc2C1. The van der Waals surface area contributed by atoms with Gasteiger partial charge in [0.15, 0.2) is 0 Å². The third-order valence-corrected chi connectivity index (χ3v) is 5.35. The van der Waals surface area contributed by atoms with Gasteiger partial charge in [-0.3, -0.25) is 4.79 Å². The van der Waals surface area contributed by atoms with Crippen molar-refractivity contribution in [1.82, 2.24) is 9.62 Å². The summed E-state index contributed by atoms with van der Waals surface area (Å²) in [6.07, 6.45) is 1.21. The van der Waals surface area contributed by atoms with Crippen LogP contribution < -0.4 is 5.32 Å². The van der Waals surface area contributed by atoms with Crippen molar-refractivity contribution in [2.75, 3.05) is 18.8 Å². The van der Waals surface area contributed by atoms with E-state index in [1.165, 1.54) is 12.5 Å². The maximum atomic E-state index is 12.3. The molecule has 6 heteroatoms. The Balaban J connectivity index is 1.93. The van der Waals surface area contributed by atoms with Gasteiger partial charge < -0.3 is 5.32 Å². The van der Waals surface area contributed by atoms with E-state index in [4.69, 9.17) is 0 Å². The van der Waals surface area contributed by atoms with Gasteiger partial charge >= 0.3 is 0 Å². The summed E-state index contributed by atoms with van der Waals surface area (Å²) in [7, 11) is -3.24. The first kappa shape index (κ1) is 15.0. The van der Waals surface area contributed by atoms with E-state index in [2.05, 4.69) is 11.4 Å². The lowest BCUT2D eigenvalue weighted by Crippen LogP contribution is -2.38. The Kier molecular flexibility index (Phi) is 4.77. The summed E-state index contributed by atoms with van der Waals surface area (Å²) in [6, 6.07) is 7.95. The minimum Gasteiger partial charge on any atom is -0.356 e. The van der Waals surface area contributed by atoms with Crippen LogP contribution in [0.5, 0.6) is 0 Å². The molecule has 5 nitrogen and oxygen atoms in total. The van der Waals surface area contributed by atoms with Gasteiger partial charge in [-0.1, -0.05) is 24.3 Å². The van der Waals surface area contributed by atoms with Gasteiger partial charge in [-0.15, -0.1) is 0 Å². The summed E-state index contributed by atoms with van der Waals surface area (Å²) in [5.41, 5.74) is 2.32. The lowest BCUT2D eigenvalue weighted by molar-refractivity contribution is -0.118. The molecule has 1 heterocycles. The molecule has 1 aliphatic heterocycles. The molecule has 0 unspecified atom stereocenters. The smallest absolute Gasteiger partial charge is 0.216 e. The van der Waals surface area contributed by atoms with Crippen molar-refractivity contribution in [3.63, 3.8) is 0 Å². The van der Waals surface area contributed by atoms with Gasteiger partial charge in [0.05, 0.1) is 5.75 Å². The van der Waals surface area contributed by atoms with Crippen molar-refractivity contribution in [2.24, 2.45) is 0 Å². The summed E-state index contributed by atoms with van der Waals surface area (Å²) in [5.74, 6) is -0.0515. The Morgan fingerprint density at radius 2 is 2.00 bits per heavy atom. The highest BCUT2D eigenvalue weighted by Gasteiger charge is 2.25. The molecule has 0 saturated carbocycles. The van der Waals surface area contributed by atoms with Crippen LogP contribution in [-0.4, -0.2) is 37.5 Å². The second-order valence-electron chi connectivity index (χ2n) is 5.00. The topological polar surface area (TPSA) is 66.5 Å². The molecule has 0 saturated heterocycles.